The molecular weight excluding hydrogens is 272 g/mol. The maximum absolute atomic E-state index is 12.5. The molecule has 0 N–H and O–H groups in total. The smallest absolute Gasteiger partial charge is 0.359 e. The van der Waals surface area contributed by atoms with E-state index in [0.717, 1.165) is 19.3 Å². The summed E-state index contributed by atoms with van der Waals surface area (Å²) in [7, 11) is 0. The second-order valence-electron chi connectivity index (χ2n) is 7.71. The van der Waals surface area contributed by atoms with Crippen molar-refractivity contribution in [3.05, 3.63) is 0 Å². The average molecular weight is 300 g/mol. The van der Waals surface area contributed by atoms with Crippen LogP contribution >= 0.6 is 0 Å². The van der Waals surface area contributed by atoms with Gasteiger partial charge in [-0.2, -0.15) is 4.89 Å². The minimum Gasteiger partial charge on any atom is -0.459 e. The maximum atomic E-state index is 12.5. The van der Waals surface area contributed by atoms with Gasteiger partial charge >= 0.3 is 11.9 Å². The maximum Gasteiger partial charge on any atom is 0.359 e. The average Bonchev–Trinajstić information content (AvgIpc) is 2.33. The van der Waals surface area contributed by atoms with Gasteiger partial charge in [-0.1, -0.05) is 19.3 Å². The molecule has 0 aromatic heterocycles. The Labute approximate surface area is 127 Å². The molecule has 1 aliphatic rings. The van der Waals surface area contributed by atoms with Crippen LogP contribution in [0.25, 0.3) is 0 Å². The van der Waals surface area contributed by atoms with Gasteiger partial charge in [0.05, 0.1) is 0 Å². The Morgan fingerprint density at radius 2 is 1.33 bits per heavy atom. The molecule has 21 heavy (non-hydrogen) atoms. The number of hydrogen-bond donors (Lipinski definition) is 0. The molecular formula is C16H28O5. The highest BCUT2D eigenvalue weighted by molar-refractivity contribution is 6.00. The van der Waals surface area contributed by atoms with Gasteiger partial charge in [0.25, 0.3) is 0 Å². The predicted molar refractivity (Wildman–Crippen MR) is 78.3 cm³/mol. The highest BCUT2D eigenvalue weighted by Crippen LogP contribution is 2.40. The third kappa shape index (κ3) is 5.30. The van der Waals surface area contributed by atoms with Gasteiger partial charge in [-0.15, -0.1) is 0 Å². The summed E-state index contributed by atoms with van der Waals surface area (Å²) in [5.41, 5.74) is -2.47. The zero-order valence-corrected chi connectivity index (χ0v) is 14.1. The fourth-order valence-electron chi connectivity index (χ4n) is 2.27. The Kier molecular flexibility index (Phi) is 5.42. The summed E-state index contributed by atoms with van der Waals surface area (Å²) in [6.45, 7) is 10.7. The SMILES string of the molecule is CC(C)(C)OOC(=O)C1(C(=O)OC(C)(C)C)CCCCC1. The second-order valence-corrected chi connectivity index (χ2v) is 7.71. The van der Waals surface area contributed by atoms with Crippen LogP contribution in [0.4, 0.5) is 0 Å². The van der Waals surface area contributed by atoms with Gasteiger partial charge in [0.1, 0.15) is 11.2 Å². The molecule has 0 unspecified atom stereocenters. The Hall–Kier alpha value is -1.10. The van der Waals surface area contributed by atoms with Crippen molar-refractivity contribution in [1.82, 2.24) is 0 Å². The number of carbonyl (C=O) groups is 2. The minimum atomic E-state index is -1.23. The van der Waals surface area contributed by atoms with E-state index in [9.17, 15) is 9.59 Å². The van der Waals surface area contributed by atoms with Crippen LogP contribution in [0.2, 0.25) is 0 Å². The van der Waals surface area contributed by atoms with Gasteiger partial charge in [0.15, 0.2) is 5.41 Å². The number of carbonyl (C=O) groups excluding carboxylic acids is 2. The summed E-state index contributed by atoms with van der Waals surface area (Å²) in [4.78, 5) is 35.0. The molecule has 0 amide bonds. The van der Waals surface area contributed by atoms with Crippen molar-refractivity contribution in [1.29, 1.82) is 0 Å². The van der Waals surface area contributed by atoms with Gasteiger partial charge in [0, 0.05) is 0 Å². The molecule has 0 saturated heterocycles. The molecule has 0 bridgehead atoms. The fourth-order valence-corrected chi connectivity index (χ4v) is 2.27. The van der Waals surface area contributed by atoms with E-state index in [2.05, 4.69) is 0 Å². The van der Waals surface area contributed by atoms with Crippen molar-refractivity contribution in [2.45, 2.75) is 84.8 Å². The molecule has 1 fully saturated rings. The number of hydrogen-bond acceptors (Lipinski definition) is 5. The molecule has 1 saturated carbocycles. The van der Waals surface area contributed by atoms with E-state index in [0.29, 0.717) is 12.8 Å². The van der Waals surface area contributed by atoms with Crippen LogP contribution in [0.5, 0.6) is 0 Å². The van der Waals surface area contributed by atoms with E-state index in [1.54, 1.807) is 41.5 Å². The lowest BCUT2D eigenvalue weighted by molar-refractivity contribution is -0.327. The lowest BCUT2D eigenvalue weighted by atomic mass is 9.74. The summed E-state index contributed by atoms with van der Waals surface area (Å²) < 4.78 is 5.44. The monoisotopic (exact) mass is 300 g/mol. The van der Waals surface area contributed by atoms with Crippen molar-refractivity contribution >= 4 is 11.9 Å². The van der Waals surface area contributed by atoms with E-state index < -0.39 is 28.6 Å². The molecule has 122 valence electrons. The third-order valence-corrected chi connectivity index (χ3v) is 3.25. The quantitative estimate of drug-likeness (QED) is 0.345. The summed E-state index contributed by atoms with van der Waals surface area (Å²) >= 11 is 0. The lowest BCUT2D eigenvalue weighted by Crippen LogP contribution is -2.46. The molecule has 1 aliphatic carbocycles. The zero-order valence-electron chi connectivity index (χ0n) is 14.1. The first-order chi connectivity index (χ1) is 9.46. The predicted octanol–water partition coefficient (Wildman–Crippen LogP) is 3.55. The standard InChI is InChI=1S/C16H28O5/c1-14(2,3)19-12(17)16(10-8-7-9-11-16)13(18)20-21-15(4,5)6/h7-11H2,1-6H3. The lowest BCUT2D eigenvalue weighted by Gasteiger charge is -2.35. The molecule has 0 heterocycles. The number of esters is 1. The van der Waals surface area contributed by atoms with Gasteiger partial charge in [-0.25, -0.2) is 4.79 Å². The largest absolute Gasteiger partial charge is 0.459 e. The highest BCUT2D eigenvalue weighted by Gasteiger charge is 2.51. The van der Waals surface area contributed by atoms with Crippen LogP contribution in [0.1, 0.15) is 73.6 Å². The molecule has 5 heteroatoms. The Bertz CT molecular complexity index is 380. The van der Waals surface area contributed by atoms with Crippen LogP contribution in [0, 0.1) is 5.41 Å². The first-order valence-corrected chi connectivity index (χ1v) is 7.60. The van der Waals surface area contributed by atoms with Crippen molar-refractivity contribution < 1.29 is 24.1 Å². The molecule has 1 rings (SSSR count). The summed E-state index contributed by atoms with van der Waals surface area (Å²) in [6, 6.07) is 0. The van der Waals surface area contributed by atoms with E-state index in [1.165, 1.54) is 0 Å². The van der Waals surface area contributed by atoms with E-state index >= 15 is 0 Å². The van der Waals surface area contributed by atoms with Crippen molar-refractivity contribution in [2.24, 2.45) is 5.41 Å². The highest BCUT2D eigenvalue weighted by atomic mass is 17.2. The van der Waals surface area contributed by atoms with Gasteiger partial charge in [-0.3, -0.25) is 9.68 Å². The number of rotatable bonds is 3. The molecule has 0 radical (unpaired) electrons. The second kappa shape index (κ2) is 6.34. The molecule has 0 atom stereocenters. The van der Waals surface area contributed by atoms with Crippen LogP contribution in [0.15, 0.2) is 0 Å². The van der Waals surface area contributed by atoms with Gasteiger partial charge in [0.2, 0.25) is 0 Å². The van der Waals surface area contributed by atoms with E-state index in [1.807, 2.05) is 0 Å². The van der Waals surface area contributed by atoms with Crippen LogP contribution in [-0.4, -0.2) is 23.1 Å². The van der Waals surface area contributed by atoms with Crippen molar-refractivity contribution in [3.8, 4) is 0 Å². The van der Waals surface area contributed by atoms with Gasteiger partial charge < -0.3 is 4.74 Å². The van der Waals surface area contributed by atoms with Crippen molar-refractivity contribution in [2.75, 3.05) is 0 Å². The topological polar surface area (TPSA) is 61.8 Å². The van der Waals surface area contributed by atoms with Crippen LogP contribution < -0.4 is 0 Å². The summed E-state index contributed by atoms with van der Waals surface area (Å²) in [6.07, 6.45) is 3.54. The molecule has 0 aliphatic heterocycles. The minimum absolute atomic E-state index is 0.453. The summed E-state index contributed by atoms with van der Waals surface area (Å²) in [5, 5.41) is 0. The Balaban J connectivity index is 2.88. The first kappa shape index (κ1) is 18.0. The number of ether oxygens (including phenoxy) is 1. The van der Waals surface area contributed by atoms with Crippen molar-refractivity contribution in [3.63, 3.8) is 0 Å². The molecule has 0 spiro atoms. The first-order valence-electron chi connectivity index (χ1n) is 7.60. The Morgan fingerprint density at radius 1 is 0.810 bits per heavy atom. The fraction of sp³-hybridized carbons (Fsp3) is 0.875. The van der Waals surface area contributed by atoms with Crippen LogP contribution in [-0.2, 0) is 24.1 Å². The Morgan fingerprint density at radius 3 is 1.76 bits per heavy atom. The molecule has 0 aromatic rings. The molecule has 0 aromatic carbocycles. The molecule has 5 nitrogen and oxygen atoms in total. The van der Waals surface area contributed by atoms with Gasteiger partial charge in [-0.05, 0) is 54.4 Å². The van der Waals surface area contributed by atoms with E-state index in [-0.39, 0.29) is 0 Å². The van der Waals surface area contributed by atoms with Crippen LogP contribution in [0.3, 0.4) is 0 Å². The third-order valence-electron chi connectivity index (χ3n) is 3.25. The zero-order chi connectivity index (χ0) is 16.3. The van der Waals surface area contributed by atoms with E-state index in [4.69, 9.17) is 14.5 Å². The summed E-state index contributed by atoms with van der Waals surface area (Å²) in [5.74, 6) is -1.14. The normalized spacial score (nSPS) is 19.0.